The Morgan fingerprint density at radius 1 is 0.941 bits per heavy atom. The number of rotatable bonds is 4. The van der Waals surface area contributed by atoms with Gasteiger partial charge in [0.2, 0.25) is 0 Å². The molecule has 0 saturated carbocycles. The molecule has 17 heavy (non-hydrogen) atoms. The van der Waals surface area contributed by atoms with Crippen molar-refractivity contribution in [1.29, 1.82) is 0 Å². The van der Waals surface area contributed by atoms with E-state index in [1.54, 1.807) is 0 Å². The molecule has 0 aromatic heterocycles. The zero-order valence-corrected chi connectivity index (χ0v) is 10.9. The monoisotopic (exact) mass is 232 g/mol. The van der Waals surface area contributed by atoms with E-state index in [1.807, 2.05) is 7.05 Å². The molecular formula is C15H24N2. The molecule has 1 N–H and O–H groups in total. The van der Waals surface area contributed by atoms with Crippen LogP contribution in [0.4, 0.5) is 0 Å². The van der Waals surface area contributed by atoms with Crippen LogP contribution in [0.25, 0.3) is 0 Å². The number of benzene rings is 1. The van der Waals surface area contributed by atoms with Gasteiger partial charge in [-0.05, 0) is 44.1 Å². The lowest BCUT2D eigenvalue weighted by Gasteiger charge is -2.19. The SMILES string of the molecule is CNCc1ccc(CN2CCCCCC2)cc1. The fourth-order valence-corrected chi connectivity index (χ4v) is 2.52. The van der Waals surface area contributed by atoms with Crippen molar-refractivity contribution in [3.63, 3.8) is 0 Å². The lowest BCUT2D eigenvalue weighted by molar-refractivity contribution is 0.277. The molecule has 0 bridgehead atoms. The molecular weight excluding hydrogens is 208 g/mol. The van der Waals surface area contributed by atoms with Crippen molar-refractivity contribution in [3.8, 4) is 0 Å². The van der Waals surface area contributed by atoms with Gasteiger partial charge >= 0.3 is 0 Å². The maximum Gasteiger partial charge on any atom is 0.0233 e. The van der Waals surface area contributed by atoms with Crippen molar-refractivity contribution < 1.29 is 0 Å². The van der Waals surface area contributed by atoms with Gasteiger partial charge in [0.25, 0.3) is 0 Å². The minimum atomic E-state index is 0.962. The van der Waals surface area contributed by atoms with Gasteiger partial charge in [0, 0.05) is 13.1 Å². The highest BCUT2D eigenvalue weighted by atomic mass is 15.1. The molecule has 0 aliphatic carbocycles. The van der Waals surface area contributed by atoms with Gasteiger partial charge in [0.1, 0.15) is 0 Å². The minimum absolute atomic E-state index is 0.962. The number of nitrogens with zero attached hydrogens (tertiary/aromatic N) is 1. The third-order valence-electron chi connectivity index (χ3n) is 3.51. The fraction of sp³-hybridized carbons (Fsp3) is 0.600. The molecule has 1 saturated heterocycles. The quantitative estimate of drug-likeness (QED) is 0.858. The zero-order valence-electron chi connectivity index (χ0n) is 10.9. The van der Waals surface area contributed by atoms with Crippen molar-refractivity contribution in [3.05, 3.63) is 35.4 Å². The van der Waals surface area contributed by atoms with E-state index in [9.17, 15) is 0 Å². The summed E-state index contributed by atoms with van der Waals surface area (Å²) in [6, 6.07) is 9.03. The van der Waals surface area contributed by atoms with Gasteiger partial charge in [-0.3, -0.25) is 4.90 Å². The van der Waals surface area contributed by atoms with Gasteiger partial charge in [0.15, 0.2) is 0 Å². The van der Waals surface area contributed by atoms with Crippen LogP contribution in [0.2, 0.25) is 0 Å². The maximum atomic E-state index is 3.18. The molecule has 2 rings (SSSR count). The molecule has 2 heteroatoms. The standard InChI is InChI=1S/C15H24N2/c1-16-12-14-6-8-15(9-7-14)13-17-10-4-2-3-5-11-17/h6-9,16H,2-5,10-13H2,1H3. The van der Waals surface area contributed by atoms with Crippen LogP contribution in [0, 0.1) is 0 Å². The third-order valence-corrected chi connectivity index (χ3v) is 3.51. The van der Waals surface area contributed by atoms with Crippen LogP contribution in [0.15, 0.2) is 24.3 Å². The van der Waals surface area contributed by atoms with Crippen LogP contribution in [0.1, 0.15) is 36.8 Å². The minimum Gasteiger partial charge on any atom is -0.316 e. The smallest absolute Gasteiger partial charge is 0.0233 e. The number of nitrogens with one attached hydrogen (secondary N) is 1. The van der Waals surface area contributed by atoms with Crippen LogP contribution in [0.5, 0.6) is 0 Å². The van der Waals surface area contributed by atoms with Crippen LogP contribution in [-0.2, 0) is 13.1 Å². The van der Waals surface area contributed by atoms with Crippen molar-refractivity contribution in [1.82, 2.24) is 10.2 Å². The molecule has 1 aliphatic heterocycles. The average molecular weight is 232 g/mol. The van der Waals surface area contributed by atoms with Crippen molar-refractivity contribution in [2.45, 2.75) is 38.8 Å². The Labute approximate surface area is 105 Å². The molecule has 1 aliphatic rings. The second kappa shape index (κ2) is 6.77. The van der Waals surface area contributed by atoms with Crippen LogP contribution < -0.4 is 5.32 Å². The van der Waals surface area contributed by atoms with E-state index in [0.29, 0.717) is 0 Å². The van der Waals surface area contributed by atoms with E-state index in [-0.39, 0.29) is 0 Å². The molecule has 0 amide bonds. The summed E-state index contributed by atoms with van der Waals surface area (Å²) in [5.74, 6) is 0. The van der Waals surface area contributed by atoms with E-state index in [4.69, 9.17) is 0 Å². The predicted molar refractivity (Wildman–Crippen MR) is 73.0 cm³/mol. The Morgan fingerprint density at radius 2 is 1.53 bits per heavy atom. The molecule has 0 atom stereocenters. The number of likely N-dealkylation sites (tertiary alicyclic amines) is 1. The number of hydrogen-bond acceptors (Lipinski definition) is 2. The molecule has 0 radical (unpaired) electrons. The first-order valence-corrected chi connectivity index (χ1v) is 6.83. The van der Waals surface area contributed by atoms with E-state index >= 15 is 0 Å². The highest BCUT2D eigenvalue weighted by Crippen LogP contribution is 2.13. The van der Waals surface area contributed by atoms with Gasteiger partial charge in [-0.25, -0.2) is 0 Å². The Balaban J connectivity index is 1.88. The van der Waals surface area contributed by atoms with Gasteiger partial charge in [0.05, 0.1) is 0 Å². The van der Waals surface area contributed by atoms with Crippen LogP contribution in [-0.4, -0.2) is 25.0 Å². The van der Waals surface area contributed by atoms with Crippen molar-refractivity contribution in [2.24, 2.45) is 0 Å². The highest BCUT2D eigenvalue weighted by molar-refractivity contribution is 5.22. The van der Waals surface area contributed by atoms with Gasteiger partial charge in [-0.15, -0.1) is 0 Å². The van der Waals surface area contributed by atoms with Gasteiger partial charge in [-0.1, -0.05) is 37.1 Å². The Morgan fingerprint density at radius 3 is 2.12 bits per heavy atom. The molecule has 1 fully saturated rings. The largest absolute Gasteiger partial charge is 0.316 e. The summed E-state index contributed by atoms with van der Waals surface area (Å²) in [6.07, 6.45) is 5.57. The summed E-state index contributed by atoms with van der Waals surface area (Å²) in [7, 11) is 1.99. The highest BCUT2D eigenvalue weighted by Gasteiger charge is 2.08. The summed E-state index contributed by atoms with van der Waals surface area (Å²) in [5.41, 5.74) is 2.82. The number of hydrogen-bond donors (Lipinski definition) is 1. The Hall–Kier alpha value is -0.860. The first-order chi connectivity index (χ1) is 8.38. The normalized spacial score (nSPS) is 17.9. The van der Waals surface area contributed by atoms with Crippen molar-refractivity contribution >= 4 is 0 Å². The predicted octanol–water partition coefficient (Wildman–Crippen LogP) is 2.78. The molecule has 0 spiro atoms. The summed E-state index contributed by atoms with van der Waals surface area (Å²) < 4.78 is 0. The lowest BCUT2D eigenvalue weighted by Crippen LogP contribution is -2.23. The molecule has 0 unspecified atom stereocenters. The Kier molecular flexibility index (Phi) is 5.02. The lowest BCUT2D eigenvalue weighted by atomic mass is 10.1. The van der Waals surface area contributed by atoms with E-state index < -0.39 is 0 Å². The second-order valence-electron chi connectivity index (χ2n) is 5.04. The summed E-state index contributed by atoms with van der Waals surface area (Å²) >= 11 is 0. The molecule has 1 aromatic carbocycles. The maximum absolute atomic E-state index is 3.18. The molecule has 1 aromatic rings. The van der Waals surface area contributed by atoms with E-state index in [1.165, 1.54) is 49.9 Å². The fourth-order valence-electron chi connectivity index (χ4n) is 2.52. The summed E-state index contributed by atoms with van der Waals surface area (Å²) in [6.45, 7) is 4.64. The van der Waals surface area contributed by atoms with Crippen LogP contribution in [0.3, 0.4) is 0 Å². The molecule has 2 nitrogen and oxygen atoms in total. The van der Waals surface area contributed by atoms with Gasteiger partial charge < -0.3 is 5.32 Å². The van der Waals surface area contributed by atoms with Gasteiger partial charge in [-0.2, -0.15) is 0 Å². The molecule has 94 valence electrons. The first-order valence-electron chi connectivity index (χ1n) is 6.83. The van der Waals surface area contributed by atoms with E-state index in [2.05, 4.69) is 34.5 Å². The topological polar surface area (TPSA) is 15.3 Å². The Bertz CT molecular complexity index is 310. The molecule has 1 heterocycles. The summed E-state index contributed by atoms with van der Waals surface area (Å²) in [4.78, 5) is 2.60. The summed E-state index contributed by atoms with van der Waals surface area (Å²) in [5, 5.41) is 3.18. The van der Waals surface area contributed by atoms with E-state index in [0.717, 1.165) is 13.1 Å². The zero-order chi connectivity index (χ0) is 11.9. The van der Waals surface area contributed by atoms with Crippen molar-refractivity contribution in [2.75, 3.05) is 20.1 Å². The first kappa shape index (κ1) is 12.6. The third kappa shape index (κ3) is 4.14. The second-order valence-corrected chi connectivity index (χ2v) is 5.04. The van der Waals surface area contributed by atoms with Crippen LogP contribution >= 0.6 is 0 Å². The average Bonchev–Trinajstić information content (AvgIpc) is 2.61.